The first-order chi connectivity index (χ1) is 18.6. The Morgan fingerprint density at radius 1 is 0.974 bits per heavy atom. The number of amides is 2. The number of para-hydroxylation sites is 3. The Morgan fingerprint density at radius 3 is 2.45 bits per heavy atom. The number of hydrogen-bond donors (Lipinski definition) is 1. The minimum atomic E-state index is -1.01. The van der Waals surface area contributed by atoms with Crippen LogP contribution >= 0.6 is 0 Å². The number of nitrogens with one attached hydrogen (secondary N) is 1. The zero-order valence-electron chi connectivity index (χ0n) is 21.5. The van der Waals surface area contributed by atoms with E-state index in [2.05, 4.69) is 15.6 Å². The minimum Gasteiger partial charge on any atom is -0.493 e. The second kappa shape index (κ2) is 11.3. The van der Waals surface area contributed by atoms with E-state index in [0.717, 1.165) is 31.2 Å². The first-order valence-corrected chi connectivity index (χ1v) is 12.8. The van der Waals surface area contributed by atoms with Crippen LogP contribution in [0, 0.1) is 0 Å². The monoisotopic (exact) mass is 513 g/mol. The molecular formula is C29H31N5O4. The van der Waals surface area contributed by atoms with Crippen molar-refractivity contribution in [3.63, 3.8) is 0 Å². The van der Waals surface area contributed by atoms with Crippen molar-refractivity contribution >= 4 is 28.5 Å². The number of carbonyl (C=O) groups is 2. The van der Waals surface area contributed by atoms with Crippen molar-refractivity contribution in [2.75, 3.05) is 19.1 Å². The van der Waals surface area contributed by atoms with Gasteiger partial charge in [0.25, 0.3) is 0 Å². The summed E-state index contributed by atoms with van der Waals surface area (Å²) in [6.45, 7) is -0.102. The molecule has 1 aliphatic rings. The fourth-order valence-electron chi connectivity index (χ4n) is 5.14. The van der Waals surface area contributed by atoms with Gasteiger partial charge < -0.3 is 14.8 Å². The molecule has 1 saturated carbocycles. The summed E-state index contributed by atoms with van der Waals surface area (Å²) in [7, 11) is 3.08. The fraction of sp³-hybridized carbons (Fsp3) is 0.310. The van der Waals surface area contributed by atoms with Gasteiger partial charge in [0.2, 0.25) is 11.8 Å². The molecule has 1 fully saturated rings. The van der Waals surface area contributed by atoms with Gasteiger partial charge in [0.1, 0.15) is 18.1 Å². The molecule has 1 atom stereocenters. The second-order valence-corrected chi connectivity index (χ2v) is 9.31. The minimum absolute atomic E-state index is 0.0635. The summed E-state index contributed by atoms with van der Waals surface area (Å²) < 4.78 is 12.8. The van der Waals surface area contributed by atoms with Crippen LogP contribution in [0.3, 0.4) is 0 Å². The van der Waals surface area contributed by atoms with E-state index < -0.39 is 6.04 Å². The lowest BCUT2D eigenvalue weighted by Crippen LogP contribution is -2.47. The number of ether oxygens (including phenoxy) is 2. The number of benzene rings is 3. The van der Waals surface area contributed by atoms with E-state index in [1.807, 2.05) is 54.6 Å². The summed E-state index contributed by atoms with van der Waals surface area (Å²) in [4.78, 5) is 29.7. The maximum atomic E-state index is 14.2. The van der Waals surface area contributed by atoms with Crippen molar-refractivity contribution in [3.8, 4) is 11.5 Å². The van der Waals surface area contributed by atoms with Crippen molar-refractivity contribution in [2.24, 2.45) is 0 Å². The number of methoxy groups -OCH3 is 2. The van der Waals surface area contributed by atoms with E-state index in [4.69, 9.17) is 9.47 Å². The predicted molar refractivity (Wildman–Crippen MR) is 144 cm³/mol. The van der Waals surface area contributed by atoms with Crippen LogP contribution in [0.25, 0.3) is 11.0 Å². The fourth-order valence-corrected chi connectivity index (χ4v) is 5.14. The number of rotatable bonds is 9. The number of anilines is 1. The quantitative estimate of drug-likeness (QED) is 0.359. The Kier molecular flexibility index (Phi) is 7.53. The van der Waals surface area contributed by atoms with Crippen LogP contribution in [0.1, 0.15) is 37.3 Å². The van der Waals surface area contributed by atoms with Crippen LogP contribution in [-0.4, -0.2) is 47.1 Å². The summed E-state index contributed by atoms with van der Waals surface area (Å²) >= 11 is 0. The normalized spacial score (nSPS) is 14.3. The van der Waals surface area contributed by atoms with Crippen molar-refractivity contribution in [1.29, 1.82) is 0 Å². The second-order valence-electron chi connectivity index (χ2n) is 9.31. The molecule has 4 aromatic rings. The molecule has 0 unspecified atom stereocenters. The highest BCUT2D eigenvalue weighted by Gasteiger charge is 2.37. The largest absolute Gasteiger partial charge is 0.493 e. The van der Waals surface area contributed by atoms with Gasteiger partial charge in [-0.3, -0.25) is 14.5 Å². The third kappa shape index (κ3) is 5.04. The highest BCUT2D eigenvalue weighted by Crippen LogP contribution is 2.39. The smallest absolute Gasteiger partial charge is 0.249 e. The van der Waals surface area contributed by atoms with E-state index in [1.54, 1.807) is 30.0 Å². The molecule has 38 heavy (non-hydrogen) atoms. The van der Waals surface area contributed by atoms with Gasteiger partial charge in [-0.2, -0.15) is 0 Å². The maximum Gasteiger partial charge on any atom is 0.249 e. The van der Waals surface area contributed by atoms with Gasteiger partial charge in [-0.15, -0.1) is 5.10 Å². The molecule has 0 spiro atoms. The number of fused-ring (bicyclic) bond motifs is 1. The molecule has 5 rings (SSSR count). The molecule has 1 N–H and O–H groups in total. The van der Waals surface area contributed by atoms with Crippen LogP contribution in [0.15, 0.2) is 72.8 Å². The summed E-state index contributed by atoms with van der Waals surface area (Å²) in [5.41, 5.74) is 2.54. The average molecular weight is 514 g/mol. The number of carbonyl (C=O) groups excluding carboxylic acids is 2. The van der Waals surface area contributed by atoms with Crippen molar-refractivity contribution in [1.82, 2.24) is 20.3 Å². The van der Waals surface area contributed by atoms with Gasteiger partial charge >= 0.3 is 0 Å². The third-order valence-corrected chi connectivity index (χ3v) is 6.94. The molecule has 1 aliphatic carbocycles. The average Bonchev–Trinajstić information content (AvgIpc) is 3.61. The van der Waals surface area contributed by atoms with Crippen LogP contribution in [0.4, 0.5) is 5.69 Å². The van der Waals surface area contributed by atoms with E-state index in [9.17, 15) is 9.59 Å². The van der Waals surface area contributed by atoms with Crippen molar-refractivity contribution in [2.45, 2.75) is 44.3 Å². The summed E-state index contributed by atoms with van der Waals surface area (Å²) in [5.74, 6) is 0.292. The first kappa shape index (κ1) is 25.3. The molecule has 0 aliphatic heterocycles. The first-order valence-electron chi connectivity index (χ1n) is 12.8. The highest BCUT2D eigenvalue weighted by atomic mass is 16.5. The van der Waals surface area contributed by atoms with Crippen LogP contribution in [0.5, 0.6) is 11.5 Å². The molecule has 3 aromatic carbocycles. The standard InChI is InChI=1S/C29H31N5O4/c1-37-25-18-10-15-22(28(25)38-2)27(29(36)30-20-11-6-7-12-20)34(21-13-4-3-5-14-21)26(35)19-33-24-17-9-8-16-23(24)31-32-33/h3-5,8-10,13-18,20,27H,6-7,11-12,19H2,1-2H3,(H,30,36)/t27-/m0/s1. The van der Waals surface area contributed by atoms with Crippen molar-refractivity contribution in [3.05, 3.63) is 78.4 Å². The zero-order chi connectivity index (χ0) is 26.5. The number of hydrogen-bond acceptors (Lipinski definition) is 6. The summed E-state index contributed by atoms with van der Waals surface area (Å²) in [5, 5.41) is 11.6. The maximum absolute atomic E-state index is 14.2. The summed E-state index contributed by atoms with van der Waals surface area (Å²) in [6.07, 6.45) is 3.97. The van der Waals surface area contributed by atoms with E-state index in [1.165, 1.54) is 12.0 Å². The van der Waals surface area contributed by atoms with E-state index >= 15 is 0 Å². The van der Waals surface area contributed by atoms with Gasteiger partial charge in [0.15, 0.2) is 11.5 Å². The van der Waals surface area contributed by atoms with Gasteiger partial charge in [-0.05, 0) is 43.2 Å². The Labute approximate surface area is 221 Å². The molecule has 196 valence electrons. The van der Waals surface area contributed by atoms with Gasteiger partial charge in [0, 0.05) is 17.3 Å². The lowest BCUT2D eigenvalue weighted by molar-refractivity contribution is -0.127. The number of aromatic nitrogens is 3. The van der Waals surface area contributed by atoms with Gasteiger partial charge in [0.05, 0.1) is 19.7 Å². The molecule has 0 saturated heterocycles. The molecule has 1 aromatic heterocycles. The Bertz CT molecular complexity index is 1420. The third-order valence-electron chi connectivity index (χ3n) is 6.94. The van der Waals surface area contributed by atoms with E-state index in [-0.39, 0.29) is 24.4 Å². The molecular weight excluding hydrogens is 482 g/mol. The predicted octanol–water partition coefficient (Wildman–Crippen LogP) is 4.28. The van der Waals surface area contributed by atoms with Gasteiger partial charge in [-0.25, -0.2) is 4.68 Å². The Balaban J connectivity index is 1.61. The molecule has 0 bridgehead atoms. The van der Waals surface area contributed by atoms with Crippen LogP contribution in [0.2, 0.25) is 0 Å². The zero-order valence-corrected chi connectivity index (χ0v) is 21.5. The molecule has 9 nitrogen and oxygen atoms in total. The van der Waals surface area contributed by atoms with E-state index in [0.29, 0.717) is 28.3 Å². The van der Waals surface area contributed by atoms with Gasteiger partial charge in [-0.1, -0.05) is 60.5 Å². The highest BCUT2D eigenvalue weighted by molar-refractivity contribution is 6.02. The van der Waals surface area contributed by atoms with Crippen molar-refractivity contribution < 1.29 is 19.1 Å². The molecule has 1 heterocycles. The molecule has 2 amide bonds. The number of nitrogens with zero attached hydrogens (tertiary/aromatic N) is 4. The summed E-state index contributed by atoms with van der Waals surface area (Å²) in [6, 6.07) is 21.1. The van der Waals surface area contributed by atoms with Crippen LogP contribution < -0.4 is 19.7 Å². The Hall–Kier alpha value is -4.40. The topological polar surface area (TPSA) is 98.6 Å². The lowest BCUT2D eigenvalue weighted by Gasteiger charge is -2.33. The SMILES string of the molecule is COc1cccc([C@@H](C(=O)NC2CCCC2)N(C(=O)Cn2nnc3ccccc32)c2ccccc2)c1OC. The molecule has 0 radical (unpaired) electrons. The van der Waals surface area contributed by atoms with Crippen LogP contribution in [-0.2, 0) is 16.1 Å². The lowest BCUT2D eigenvalue weighted by atomic mass is 10.0. The Morgan fingerprint density at radius 2 is 1.71 bits per heavy atom. The molecule has 9 heteroatoms.